The van der Waals surface area contributed by atoms with Gasteiger partial charge in [-0.05, 0) is 30.0 Å². The number of hydrogen-bond donors (Lipinski definition) is 0. The molecule has 0 spiro atoms. The summed E-state index contributed by atoms with van der Waals surface area (Å²) in [6.45, 7) is 1.06. The maximum Gasteiger partial charge on any atom is 0.252 e. The van der Waals surface area contributed by atoms with Crippen LogP contribution in [0.5, 0.6) is 0 Å². The zero-order valence-electron chi connectivity index (χ0n) is 15.2. The van der Waals surface area contributed by atoms with Gasteiger partial charge in [-0.25, -0.2) is 18.7 Å². The van der Waals surface area contributed by atoms with E-state index in [2.05, 4.69) is 9.97 Å². The standard InChI is InChI=1S/C20H16F2N4OS2/c21-14-11-16(22)19-17(12-14)29-20(24-19)26(8-2-7-25-9-6-23-13-25)18(27)5-4-15-3-1-10-28-15/h1,3-6,9-13H,2,7-8H2. The number of thiazole rings is 1. The summed E-state index contributed by atoms with van der Waals surface area (Å²) in [6.07, 6.45) is 9.12. The molecule has 5 nitrogen and oxygen atoms in total. The second-order valence-corrected chi connectivity index (χ2v) is 8.21. The third-order valence-corrected chi connectivity index (χ3v) is 6.05. The molecule has 0 N–H and O–H groups in total. The Morgan fingerprint density at radius 1 is 1.31 bits per heavy atom. The van der Waals surface area contributed by atoms with Crippen LogP contribution in [0.3, 0.4) is 0 Å². The summed E-state index contributed by atoms with van der Waals surface area (Å²) in [6, 6.07) is 5.85. The van der Waals surface area contributed by atoms with Crippen molar-refractivity contribution < 1.29 is 13.6 Å². The van der Waals surface area contributed by atoms with Gasteiger partial charge in [0.15, 0.2) is 10.9 Å². The van der Waals surface area contributed by atoms with E-state index >= 15 is 0 Å². The van der Waals surface area contributed by atoms with E-state index in [9.17, 15) is 13.6 Å². The van der Waals surface area contributed by atoms with Crippen LogP contribution in [0.1, 0.15) is 11.3 Å². The minimum Gasteiger partial charge on any atom is -0.337 e. The van der Waals surface area contributed by atoms with Crippen molar-refractivity contribution in [1.82, 2.24) is 14.5 Å². The maximum absolute atomic E-state index is 14.1. The normalized spacial score (nSPS) is 11.5. The number of carbonyl (C=O) groups is 1. The maximum atomic E-state index is 14.1. The molecule has 3 aromatic heterocycles. The first kappa shape index (κ1) is 19.4. The highest BCUT2D eigenvalue weighted by atomic mass is 32.1. The van der Waals surface area contributed by atoms with Crippen LogP contribution in [0, 0.1) is 11.6 Å². The Kier molecular flexibility index (Phi) is 5.77. The summed E-state index contributed by atoms with van der Waals surface area (Å²) < 4.78 is 29.9. The lowest BCUT2D eigenvalue weighted by atomic mass is 10.3. The number of anilines is 1. The zero-order chi connectivity index (χ0) is 20.2. The lowest BCUT2D eigenvalue weighted by Gasteiger charge is -2.18. The molecule has 29 heavy (non-hydrogen) atoms. The predicted octanol–water partition coefficient (Wildman–Crippen LogP) is 4.97. The molecule has 0 aliphatic rings. The van der Waals surface area contributed by atoms with E-state index < -0.39 is 11.6 Å². The minimum absolute atomic E-state index is 0.0704. The molecule has 0 aliphatic heterocycles. The van der Waals surface area contributed by atoms with E-state index in [1.807, 2.05) is 28.3 Å². The van der Waals surface area contributed by atoms with Crippen molar-refractivity contribution in [3.63, 3.8) is 0 Å². The van der Waals surface area contributed by atoms with Crippen molar-refractivity contribution >= 4 is 50.0 Å². The summed E-state index contributed by atoms with van der Waals surface area (Å²) in [7, 11) is 0. The number of nitrogens with zero attached hydrogens (tertiary/aromatic N) is 4. The van der Waals surface area contributed by atoms with Crippen LogP contribution in [-0.4, -0.2) is 27.0 Å². The third kappa shape index (κ3) is 4.57. The molecule has 4 aromatic rings. The molecule has 4 rings (SSSR count). The highest BCUT2D eigenvalue weighted by Gasteiger charge is 2.19. The Labute approximate surface area is 173 Å². The third-order valence-electron chi connectivity index (χ3n) is 4.19. The number of rotatable bonds is 7. The van der Waals surface area contributed by atoms with Gasteiger partial charge in [-0.2, -0.15) is 0 Å². The average Bonchev–Trinajstić information content (AvgIpc) is 3.44. The van der Waals surface area contributed by atoms with Gasteiger partial charge in [0.25, 0.3) is 5.91 Å². The SMILES string of the molecule is O=C(C=Cc1cccs1)N(CCCn1ccnc1)c1nc2c(F)cc(F)cc2s1. The Bertz CT molecular complexity index is 1140. The Balaban J connectivity index is 1.59. The number of carbonyl (C=O) groups excluding carboxylic acids is 1. The van der Waals surface area contributed by atoms with Crippen molar-refractivity contribution in [3.05, 3.63) is 71.0 Å². The lowest BCUT2D eigenvalue weighted by Crippen LogP contribution is -2.30. The van der Waals surface area contributed by atoms with Gasteiger partial charge in [0.05, 0.1) is 11.0 Å². The van der Waals surface area contributed by atoms with Gasteiger partial charge in [-0.3, -0.25) is 9.69 Å². The van der Waals surface area contributed by atoms with Crippen molar-refractivity contribution in [2.45, 2.75) is 13.0 Å². The van der Waals surface area contributed by atoms with Gasteiger partial charge in [-0.15, -0.1) is 11.3 Å². The molecule has 0 unspecified atom stereocenters. The summed E-state index contributed by atoms with van der Waals surface area (Å²) in [4.78, 5) is 23.6. The Hall–Kier alpha value is -2.91. The van der Waals surface area contributed by atoms with Gasteiger partial charge in [0.1, 0.15) is 11.3 Å². The molecule has 1 amide bonds. The average molecular weight is 431 g/mol. The van der Waals surface area contributed by atoms with E-state index in [-0.39, 0.29) is 11.4 Å². The van der Waals surface area contributed by atoms with E-state index in [4.69, 9.17) is 0 Å². The highest BCUT2D eigenvalue weighted by molar-refractivity contribution is 7.22. The fourth-order valence-electron chi connectivity index (χ4n) is 2.82. The molecule has 1 aromatic carbocycles. The first-order chi connectivity index (χ1) is 14.1. The van der Waals surface area contributed by atoms with Crippen LogP contribution in [0.4, 0.5) is 13.9 Å². The van der Waals surface area contributed by atoms with Crippen LogP contribution in [0.15, 0.2) is 54.4 Å². The molecule has 0 saturated heterocycles. The molecular formula is C20H16F2N4OS2. The second-order valence-electron chi connectivity index (χ2n) is 6.22. The number of imidazole rings is 1. The van der Waals surface area contributed by atoms with E-state index in [0.29, 0.717) is 29.3 Å². The monoisotopic (exact) mass is 430 g/mol. The number of halogens is 2. The molecule has 0 bridgehead atoms. The summed E-state index contributed by atoms with van der Waals surface area (Å²) >= 11 is 2.62. The molecule has 0 saturated carbocycles. The topological polar surface area (TPSA) is 51.0 Å². The Morgan fingerprint density at radius 3 is 2.97 bits per heavy atom. The van der Waals surface area contributed by atoms with Gasteiger partial charge in [0.2, 0.25) is 0 Å². The lowest BCUT2D eigenvalue weighted by molar-refractivity contribution is -0.114. The summed E-state index contributed by atoms with van der Waals surface area (Å²) in [5, 5.41) is 2.27. The van der Waals surface area contributed by atoms with Gasteiger partial charge >= 0.3 is 0 Å². The van der Waals surface area contributed by atoms with Crippen molar-refractivity contribution in [1.29, 1.82) is 0 Å². The predicted molar refractivity (Wildman–Crippen MR) is 112 cm³/mol. The molecule has 0 atom stereocenters. The van der Waals surface area contributed by atoms with Gasteiger partial charge in [0, 0.05) is 42.5 Å². The summed E-state index contributed by atoms with van der Waals surface area (Å²) in [5.41, 5.74) is 0.0704. The molecule has 3 heterocycles. The number of aromatic nitrogens is 3. The first-order valence-electron chi connectivity index (χ1n) is 8.84. The minimum atomic E-state index is -0.734. The zero-order valence-corrected chi connectivity index (χ0v) is 16.8. The number of thiophene rings is 1. The molecule has 0 aliphatic carbocycles. The molecular weight excluding hydrogens is 414 g/mol. The number of aryl methyl sites for hydroxylation is 1. The smallest absolute Gasteiger partial charge is 0.252 e. The van der Waals surface area contributed by atoms with E-state index in [1.165, 1.54) is 28.4 Å². The van der Waals surface area contributed by atoms with E-state index in [1.54, 1.807) is 18.6 Å². The highest BCUT2D eigenvalue weighted by Crippen LogP contribution is 2.31. The summed E-state index contributed by atoms with van der Waals surface area (Å²) in [5.74, 6) is -1.66. The largest absolute Gasteiger partial charge is 0.337 e. The van der Waals surface area contributed by atoms with Crippen LogP contribution in [0.25, 0.3) is 16.3 Å². The molecule has 0 fully saturated rings. The number of benzene rings is 1. The van der Waals surface area contributed by atoms with Gasteiger partial charge < -0.3 is 4.57 Å². The van der Waals surface area contributed by atoms with Crippen LogP contribution < -0.4 is 4.90 Å². The fraction of sp³-hybridized carbons (Fsp3) is 0.150. The number of amides is 1. The number of fused-ring (bicyclic) bond motifs is 1. The first-order valence-corrected chi connectivity index (χ1v) is 10.5. The fourth-order valence-corrected chi connectivity index (χ4v) is 4.48. The van der Waals surface area contributed by atoms with Crippen LogP contribution >= 0.6 is 22.7 Å². The van der Waals surface area contributed by atoms with Crippen LogP contribution in [0.2, 0.25) is 0 Å². The second kappa shape index (κ2) is 8.62. The van der Waals surface area contributed by atoms with Crippen molar-refractivity contribution in [2.75, 3.05) is 11.4 Å². The van der Waals surface area contributed by atoms with Crippen molar-refractivity contribution in [2.24, 2.45) is 0 Å². The molecule has 148 valence electrons. The molecule has 0 radical (unpaired) electrons. The number of hydrogen-bond acceptors (Lipinski definition) is 5. The Morgan fingerprint density at radius 2 is 2.21 bits per heavy atom. The van der Waals surface area contributed by atoms with Crippen LogP contribution in [-0.2, 0) is 11.3 Å². The van der Waals surface area contributed by atoms with E-state index in [0.717, 1.165) is 22.3 Å². The van der Waals surface area contributed by atoms with Gasteiger partial charge in [-0.1, -0.05) is 17.4 Å². The quantitative estimate of drug-likeness (QED) is 0.389. The van der Waals surface area contributed by atoms with Crippen molar-refractivity contribution in [3.8, 4) is 0 Å². The molecule has 9 heteroatoms.